The minimum absolute atomic E-state index is 0.145. The second kappa shape index (κ2) is 16.9. The molecule has 292 valence electrons. The predicted molar refractivity (Wildman–Crippen MR) is 198 cm³/mol. The zero-order chi connectivity index (χ0) is 40.1. The van der Waals surface area contributed by atoms with Crippen LogP contribution in [0, 0.1) is 0 Å². The highest BCUT2D eigenvalue weighted by Crippen LogP contribution is 2.37. The summed E-state index contributed by atoms with van der Waals surface area (Å²) in [5, 5.41) is 10.0. The minimum Gasteiger partial charge on any atom is -0.497 e. The van der Waals surface area contributed by atoms with Gasteiger partial charge in [0, 0.05) is 45.1 Å². The zero-order valence-corrected chi connectivity index (χ0v) is 31.1. The molecule has 2 aliphatic heterocycles. The van der Waals surface area contributed by atoms with Crippen LogP contribution in [0.2, 0.25) is 0 Å². The van der Waals surface area contributed by atoms with Gasteiger partial charge in [-0.1, -0.05) is 30.3 Å². The van der Waals surface area contributed by atoms with Crippen LogP contribution in [0.25, 0.3) is 11.0 Å². The molecule has 4 unspecified atom stereocenters. The zero-order valence-electron chi connectivity index (χ0n) is 31.1. The van der Waals surface area contributed by atoms with E-state index in [9.17, 15) is 28.8 Å². The molecule has 3 heterocycles. The first-order valence-electron chi connectivity index (χ1n) is 17.6. The molecular weight excluding hydrogens is 730 g/mol. The number of hydrogen-bond acceptors (Lipinski definition) is 15. The highest BCUT2D eigenvalue weighted by molar-refractivity contribution is 6.04. The van der Waals surface area contributed by atoms with E-state index in [4.69, 9.17) is 37.9 Å². The van der Waals surface area contributed by atoms with Gasteiger partial charge in [0.15, 0.2) is 12.2 Å². The summed E-state index contributed by atoms with van der Waals surface area (Å²) in [7, 11) is 1.55. The Kier molecular flexibility index (Phi) is 11.8. The number of ether oxygens (including phenoxy) is 6. The van der Waals surface area contributed by atoms with Crippen LogP contribution < -0.4 is 20.7 Å². The van der Waals surface area contributed by atoms with E-state index < -0.39 is 72.7 Å². The summed E-state index contributed by atoms with van der Waals surface area (Å²) in [5.74, 6) is -3.13. The predicted octanol–water partition coefficient (Wildman–Crippen LogP) is 3.97. The maximum atomic E-state index is 13.8. The number of hydrazone groups is 1. The molecule has 1 N–H and O–H groups in total. The quantitative estimate of drug-likeness (QED) is 0.131. The molecule has 0 aliphatic carbocycles. The number of fused-ring (bicyclic) bond motifs is 1. The lowest BCUT2D eigenvalue weighted by Crippen LogP contribution is -2.67. The van der Waals surface area contributed by atoms with Gasteiger partial charge in [-0.15, -0.1) is 0 Å². The van der Waals surface area contributed by atoms with Gasteiger partial charge in [0.05, 0.1) is 30.1 Å². The van der Waals surface area contributed by atoms with Crippen molar-refractivity contribution in [3.05, 3.63) is 106 Å². The van der Waals surface area contributed by atoms with Crippen LogP contribution in [0.4, 0.5) is 5.69 Å². The van der Waals surface area contributed by atoms with Crippen LogP contribution in [0.5, 0.6) is 5.75 Å². The number of anilines is 1. The number of nitrogens with one attached hydrogen (secondary N) is 1. The van der Waals surface area contributed by atoms with Crippen LogP contribution >= 0.6 is 0 Å². The molecule has 0 bridgehead atoms. The number of nitrogens with zero attached hydrogens (tertiary/aromatic N) is 2. The Morgan fingerprint density at radius 1 is 0.821 bits per heavy atom. The van der Waals surface area contributed by atoms with E-state index in [2.05, 4.69) is 5.32 Å². The van der Waals surface area contributed by atoms with E-state index >= 15 is 0 Å². The topological polar surface area (TPSA) is 199 Å². The van der Waals surface area contributed by atoms with Crippen molar-refractivity contribution >= 4 is 52.2 Å². The van der Waals surface area contributed by atoms with Crippen LogP contribution in [0.1, 0.15) is 61.6 Å². The number of esters is 4. The SMILES string of the molecule is COc1ccc2oc(=O)c(C3=NN(c4ccc(C(=O)NC5C(OC(C)=O)O[C@H](COC(C)=O)[C@@H](OC(C)=O)C5OC(C)=O)cc4)C(c4ccccc4)C3)cc2c1. The number of amides is 1. The summed E-state index contributed by atoms with van der Waals surface area (Å²) in [6.45, 7) is 4.04. The third-order valence-corrected chi connectivity index (χ3v) is 9.02. The molecule has 6 atom stereocenters. The molecule has 16 nitrogen and oxygen atoms in total. The summed E-state index contributed by atoms with van der Waals surface area (Å²) in [5.41, 5.74) is 2.33. The molecule has 4 aromatic rings. The van der Waals surface area contributed by atoms with Gasteiger partial charge in [-0.05, 0) is 54.1 Å². The van der Waals surface area contributed by atoms with Gasteiger partial charge in [-0.2, -0.15) is 5.10 Å². The van der Waals surface area contributed by atoms with Crippen molar-refractivity contribution in [3.8, 4) is 5.75 Å². The van der Waals surface area contributed by atoms with Crippen molar-refractivity contribution in [2.45, 2.75) is 70.8 Å². The van der Waals surface area contributed by atoms with Gasteiger partial charge in [0.25, 0.3) is 5.91 Å². The van der Waals surface area contributed by atoms with Gasteiger partial charge in [0.2, 0.25) is 6.29 Å². The van der Waals surface area contributed by atoms with Crippen LogP contribution in [0.15, 0.2) is 93.2 Å². The fraction of sp³-hybridized carbons (Fsp3) is 0.325. The third kappa shape index (κ3) is 8.87. The normalized spacial score (nSPS) is 21.7. The fourth-order valence-corrected chi connectivity index (χ4v) is 6.60. The number of methoxy groups -OCH3 is 1. The summed E-state index contributed by atoms with van der Waals surface area (Å²) >= 11 is 0. The van der Waals surface area contributed by atoms with Crippen molar-refractivity contribution in [1.82, 2.24) is 5.32 Å². The van der Waals surface area contributed by atoms with E-state index in [0.29, 0.717) is 40.1 Å². The van der Waals surface area contributed by atoms with E-state index in [1.54, 1.807) is 48.5 Å². The Bertz CT molecular complexity index is 2220. The summed E-state index contributed by atoms with van der Waals surface area (Å²) in [4.78, 5) is 75.2. The summed E-state index contributed by atoms with van der Waals surface area (Å²) < 4.78 is 38.3. The first-order valence-corrected chi connectivity index (χ1v) is 17.6. The maximum Gasteiger partial charge on any atom is 0.345 e. The van der Waals surface area contributed by atoms with Gasteiger partial charge in [-0.25, -0.2) is 4.79 Å². The summed E-state index contributed by atoms with van der Waals surface area (Å²) in [6.07, 6.45) is -5.23. The van der Waals surface area contributed by atoms with Gasteiger partial charge >= 0.3 is 29.5 Å². The van der Waals surface area contributed by atoms with Gasteiger partial charge < -0.3 is 38.2 Å². The molecule has 1 saturated heterocycles. The molecule has 1 aromatic heterocycles. The molecule has 0 saturated carbocycles. The first kappa shape index (κ1) is 39.2. The van der Waals surface area contributed by atoms with E-state index in [0.717, 1.165) is 33.3 Å². The number of carbonyl (C=O) groups excluding carboxylic acids is 5. The van der Waals surface area contributed by atoms with Crippen molar-refractivity contribution in [2.24, 2.45) is 5.10 Å². The maximum absolute atomic E-state index is 13.8. The molecule has 0 radical (unpaired) electrons. The van der Waals surface area contributed by atoms with Crippen molar-refractivity contribution in [2.75, 3.05) is 18.7 Å². The number of benzene rings is 3. The lowest BCUT2D eigenvalue weighted by atomic mass is 9.95. The van der Waals surface area contributed by atoms with Gasteiger partial charge in [0.1, 0.15) is 30.1 Å². The highest BCUT2D eigenvalue weighted by atomic mass is 16.7. The van der Waals surface area contributed by atoms with Crippen molar-refractivity contribution in [1.29, 1.82) is 0 Å². The van der Waals surface area contributed by atoms with E-state index in [-0.39, 0.29) is 11.6 Å². The largest absolute Gasteiger partial charge is 0.497 e. The third-order valence-electron chi connectivity index (χ3n) is 9.02. The summed E-state index contributed by atoms with van der Waals surface area (Å²) in [6, 6.07) is 21.2. The van der Waals surface area contributed by atoms with Crippen LogP contribution in [-0.2, 0) is 42.9 Å². The highest BCUT2D eigenvalue weighted by Gasteiger charge is 2.52. The smallest absolute Gasteiger partial charge is 0.345 e. The van der Waals surface area contributed by atoms with E-state index in [1.807, 2.05) is 30.3 Å². The Balaban J connectivity index is 1.30. The average molecular weight is 770 g/mol. The molecule has 6 rings (SSSR count). The number of carbonyl (C=O) groups is 5. The first-order chi connectivity index (χ1) is 26.8. The van der Waals surface area contributed by atoms with Crippen LogP contribution in [-0.4, -0.2) is 79.9 Å². The number of hydrogen-bond donors (Lipinski definition) is 1. The molecule has 16 heteroatoms. The standard InChI is InChI=1S/C40H39N3O13/c1-21(44)51-20-34-36(52-22(2)45)37(53-23(3)46)35(40(56-34)54-24(4)47)41-38(48)26-11-13-28(14-12-26)43-32(25-9-7-6-8-10-25)19-31(42-43)30-18-27-17-29(50-5)15-16-33(27)55-39(30)49/h6-18,32,34-37,40H,19-20H2,1-5H3,(H,41,48)/t32?,34-,35?,36-,37?,40?/m1/s1. The van der Waals surface area contributed by atoms with E-state index in [1.165, 1.54) is 12.1 Å². The van der Waals surface area contributed by atoms with Crippen molar-refractivity contribution in [3.63, 3.8) is 0 Å². The molecule has 1 amide bonds. The average Bonchev–Trinajstić information content (AvgIpc) is 3.61. The minimum atomic E-state index is -1.55. The second-order valence-electron chi connectivity index (χ2n) is 13.0. The monoisotopic (exact) mass is 769 g/mol. The molecule has 0 spiro atoms. The molecule has 1 fully saturated rings. The Morgan fingerprint density at radius 2 is 1.50 bits per heavy atom. The van der Waals surface area contributed by atoms with Gasteiger partial charge in [-0.3, -0.25) is 29.0 Å². The molecule has 3 aromatic carbocycles. The Morgan fingerprint density at radius 3 is 2.14 bits per heavy atom. The molecule has 56 heavy (non-hydrogen) atoms. The fourth-order valence-electron chi connectivity index (χ4n) is 6.60. The lowest BCUT2D eigenvalue weighted by Gasteiger charge is -2.44. The van der Waals surface area contributed by atoms with Crippen molar-refractivity contribution < 1.29 is 56.8 Å². The Hall–Kier alpha value is -6.55. The van der Waals surface area contributed by atoms with Crippen LogP contribution in [0.3, 0.4) is 0 Å². The second-order valence-corrected chi connectivity index (χ2v) is 13.0. The lowest BCUT2D eigenvalue weighted by molar-refractivity contribution is -0.270. The Labute approximate surface area is 320 Å². The molecular formula is C40H39N3O13. The number of rotatable bonds is 11. The molecule has 2 aliphatic rings.